The van der Waals surface area contributed by atoms with Crippen LogP contribution in [0.15, 0.2) is 45.0 Å². The van der Waals surface area contributed by atoms with Gasteiger partial charge in [0.05, 0.1) is 15.9 Å². The summed E-state index contributed by atoms with van der Waals surface area (Å²) in [6.07, 6.45) is 7.46. The van der Waals surface area contributed by atoms with Gasteiger partial charge in [0.1, 0.15) is 5.69 Å². The van der Waals surface area contributed by atoms with Gasteiger partial charge < -0.3 is 10.2 Å². The fourth-order valence-corrected chi connectivity index (χ4v) is 4.83. The molecule has 9 nitrogen and oxygen atoms in total. The van der Waals surface area contributed by atoms with Crippen LogP contribution in [0.5, 0.6) is 0 Å². The molecule has 0 atom stereocenters. The van der Waals surface area contributed by atoms with Gasteiger partial charge in [-0.25, -0.2) is 0 Å². The number of hydrogen-bond donors (Lipinski definition) is 1. The summed E-state index contributed by atoms with van der Waals surface area (Å²) in [5.41, 5.74) is 2.94. The molecule has 0 bridgehead atoms. The number of rotatable bonds is 13. The monoisotopic (exact) mass is 602 g/mol. The molecule has 1 aromatic carbocycles. The van der Waals surface area contributed by atoms with Crippen LogP contribution in [-0.4, -0.2) is 39.5 Å². The van der Waals surface area contributed by atoms with E-state index in [-0.39, 0.29) is 17.0 Å². The van der Waals surface area contributed by atoms with Crippen molar-refractivity contribution in [2.24, 2.45) is 10.2 Å². The summed E-state index contributed by atoms with van der Waals surface area (Å²) in [7, 11) is 2.07. The lowest BCUT2D eigenvalue weighted by Crippen LogP contribution is -2.18. The van der Waals surface area contributed by atoms with Gasteiger partial charge in [0.15, 0.2) is 16.8 Å². The Hall–Kier alpha value is -2.85. The molecule has 1 amide bonds. The summed E-state index contributed by atoms with van der Waals surface area (Å²) in [5, 5.41) is 24.9. The molecule has 3 aromatic rings. The number of carbonyl (C=O) groups is 1. The molecule has 2 heterocycles. The highest BCUT2D eigenvalue weighted by atomic mass is 79.9. The Bertz CT molecular complexity index is 1240. The molecule has 2 aromatic heterocycles. The van der Waals surface area contributed by atoms with Crippen molar-refractivity contribution < 1.29 is 4.79 Å². The van der Waals surface area contributed by atoms with Gasteiger partial charge >= 0.3 is 0 Å². The van der Waals surface area contributed by atoms with Gasteiger partial charge in [-0.05, 0) is 58.6 Å². The van der Waals surface area contributed by atoms with Crippen molar-refractivity contribution in [3.63, 3.8) is 0 Å². The molecule has 204 valence electrons. The maximum atomic E-state index is 12.0. The number of nitrogens with one attached hydrogen (secondary N) is 1. The first-order valence-electron chi connectivity index (χ1n) is 13.0. The van der Waals surface area contributed by atoms with Crippen LogP contribution in [0.2, 0.25) is 5.15 Å². The summed E-state index contributed by atoms with van der Waals surface area (Å²) in [5.74, 6) is 0.881. The van der Waals surface area contributed by atoms with Crippen LogP contribution in [0, 0.1) is 0 Å². The van der Waals surface area contributed by atoms with E-state index in [9.17, 15) is 4.79 Å². The van der Waals surface area contributed by atoms with Gasteiger partial charge in [-0.1, -0.05) is 64.5 Å². The Kier molecular flexibility index (Phi) is 11.2. The topological polar surface area (TPSA) is 101 Å². The predicted molar refractivity (Wildman–Crippen MR) is 158 cm³/mol. The zero-order valence-corrected chi connectivity index (χ0v) is 25.1. The highest BCUT2D eigenvalue weighted by Gasteiger charge is 2.20. The van der Waals surface area contributed by atoms with Gasteiger partial charge in [0, 0.05) is 26.2 Å². The molecule has 0 radical (unpaired) electrons. The lowest BCUT2D eigenvalue weighted by atomic mass is 10.1. The lowest BCUT2D eigenvalue weighted by Gasteiger charge is -2.20. The van der Waals surface area contributed by atoms with Crippen molar-refractivity contribution in [1.82, 2.24) is 20.0 Å². The van der Waals surface area contributed by atoms with Crippen molar-refractivity contribution in [1.29, 1.82) is 0 Å². The number of carbonyl (C=O) groups excluding carboxylic acids is 1. The van der Waals surface area contributed by atoms with Crippen LogP contribution < -0.4 is 10.2 Å². The average Bonchev–Trinajstić information content (AvgIpc) is 3.21. The Morgan fingerprint density at radius 3 is 2.50 bits per heavy atom. The number of nitrogens with zero attached hydrogens (tertiary/aromatic N) is 7. The molecule has 0 aliphatic carbocycles. The normalized spacial score (nSPS) is 11.5. The second kappa shape index (κ2) is 14.3. The zero-order valence-electron chi connectivity index (χ0n) is 22.7. The number of azo groups is 1. The van der Waals surface area contributed by atoms with Crippen LogP contribution in [0.3, 0.4) is 0 Å². The van der Waals surface area contributed by atoms with Gasteiger partial charge in [0.2, 0.25) is 5.91 Å². The fourth-order valence-electron chi connectivity index (χ4n) is 3.94. The van der Waals surface area contributed by atoms with Crippen LogP contribution in [0.4, 0.5) is 22.9 Å². The van der Waals surface area contributed by atoms with Crippen LogP contribution in [0.25, 0.3) is 5.82 Å². The van der Waals surface area contributed by atoms with E-state index in [1.807, 2.05) is 32.0 Å². The Labute approximate surface area is 238 Å². The third kappa shape index (κ3) is 8.07. The SMILES string of the molecule is CCCCCCCCN(C)c1ccc(N=Nc2c(Br)c(C(C)C)nn2-c2ccc(Cl)nn2)c(NC(C)=O)c1. The molecule has 3 rings (SSSR count). The van der Waals surface area contributed by atoms with Crippen molar-refractivity contribution in [2.75, 3.05) is 23.8 Å². The minimum atomic E-state index is -0.179. The molecule has 0 aliphatic rings. The number of aromatic nitrogens is 4. The lowest BCUT2D eigenvalue weighted by molar-refractivity contribution is -0.114. The quantitative estimate of drug-likeness (QED) is 0.156. The maximum Gasteiger partial charge on any atom is 0.221 e. The Morgan fingerprint density at radius 1 is 1.11 bits per heavy atom. The summed E-state index contributed by atoms with van der Waals surface area (Å²) < 4.78 is 2.29. The van der Waals surface area contributed by atoms with Crippen molar-refractivity contribution in [2.45, 2.75) is 72.1 Å². The highest BCUT2D eigenvalue weighted by Crippen LogP contribution is 2.37. The van der Waals surface area contributed by atoms with E-state index in [4.69, 9.17) is 11.6 Å². The second-order valence-corrected chi connectivity index (χ2v) is 10.8. The second-order valence-electron chi connectivity index (χ2n) is 9.58. The van der Waals surface area contributed by atoms with Gasteiger partial charge in [0.25, 0.3) is 0 Å². The van der Waals surface area contributed by atoms with Gasteiger partial charge in [-0.3, -0.25) is 4.79 Å². The van der Waals surface area contributed by atoms with Crippen molar-refractivity contribution in [3.05, 3.63) is 45.7 Å². The van der Waals surface area contributed by atoms with E-state index >= 15 is 0 Å². The third-order valence-electron chi connectivity index (χ3n) is 6.04. The van der Waals surface area contributed by atoms with Crippen molar-refractivity contribution in [3.8, 4) is 5.82 Å². The standard InChI is InChI=1S/C27H36BrClN8O/c1-6-7-8-9-10-11-16-36(5)20-12-13-21(22(17-20)30-19(4)38)31-34-27-25(28)26(18(2)3)35-37(27)24-15-14-23(29)32-33-24/h12-15,17-18H,6-11,16H2,1-5H3,(H,30,38). The largest absolute Gasteiger partial charge is 0.375 e. The predicted octanol–water partition coefficient (Wildman–Crippen LogP) is 8.37. The number of anilines is 2. The van der Waals surface area contributed by atoms with Gasteiger partial charge in [-0.2, -0.15) is 9.78 Å². The molecule has 0 fully saturated rings. The Morgan fingerprint density at radius 2 is 1.84 bits per heavy atom. The molecule has 38 heavy (non-hydrogen) atoms. The van der Waals surface area contributed by atoms with Crippen LogP contribution >= 0.6 is 27.5 Å². The summed E-state index contributed by atoms with van der Waals surface area (Å²) in [4.78, 5) is 14.2. The van der Waals surface area contributed by atoms with E-state index < -0.39 is 0 Å². The molecule has 0 unspecified atom stereocenters. The molecule has 1 N–H and O–H groups in total. The molecular weight excluding hydrogens is 568 g/mol. The van der Waals surface area contributed by atoms with E-state index in [2.05, 4.69) is 65.6 Å². The molecule has 0 spiro atoms. The molecule has 0 saturated carbocycles. The maximum absolute atomic E-state index is 12.0. The smallest absolute Gasteiger partial charge is 0.221 e. The van der Waals surface area contributed by atoms with E-state index in [0.717, 1.165) is 24.3 Å². The number of benzene rings is 1. The Balaban J connectivity index is 1.88. The first-order chi connectivity index (χ1) is 18.2. The van der Waals surface area contributed by atoms with Gasteiger partial charge in [-0.15, -0.1) is 20.4 Å². The minimum Gasteiger partial charge on any atom is -0.375 e. The van der Waals surface area contributed by atoms with Crippen molar-refractivity contribution >= 4 is 56.3 Å². The number of amides is 1. The summed E-state index contributed by atoms with van der Waals surface area (Å²) in [6, 6.07) is 9.15. The van der Waals surface area contributed by atoms with E-state index in [1.165, 1.54) is 39.0 Å². The summed E-state index contributed by atoms with van der Waals surface area (Å²) in [6.45, 7) is 8.74. The molecule has 0 saturated heterocycles. The average molecular weight is 604 g/mol. The third-order valence-corrected chi connectivity index (χ3v) is 7.00. The van der Waals surface area contributed by atoms with E-state index in [1.54, 1.807) is 16.8 Å². The van der Waals surface area contributed by atoms with Crippen LogP contribution in [-0.2, 0) is 4.79 Å². The zero-order chi connectivity index (χ0) is 27.7. The first-order valence-corrected chi connectivity index (χ1v) is 14.2. The van der Waals surface area contributed by atoms with E-state index in [0.29, 0.717) is 27.5 Å². The minimum absolute atomic E-state index is 0.135. The molecule has 11 heteroatoms. The fraction of sp³-hybridized carbons (Fsp3) is 0.481. The number of unbranched alkanes of at least 4 members (excludes halogenated alkanes) is 5. The summed E-state index contributed by atoms with van der Waals surface area (Å²) >= 11 is 9.56. The first kappa shape index (κ1) is 29.7. The number of halogens is 2. The highest BCUT2D eigenvalue weighted by molar-refractivity contribution is 9.10. The molecular formula is C27H36BrClN8O. The number of hydrogen-bond acceptors (Lipinski definition) is 7. The molecule has 0 aliphatic heterocycles. The van der Waals surface area contributed by atoms with Crippen LogP contribution in [0.1, 0.15) is 77.8 Å².